The number of aromatic nitrogens is 1. The molecule has 2 amide bonds. The van der Waals surface area contributed by atoms with Gasteiger partial charge in [-0.2, -0.15) is 0 Å². The van der Waals surface area contributed by atoms with Gasteiger partial charge in [0, 0.05) is 55.3 Å². The zero-order valence-corrected chi connectivity index (χ0v) is 24.2. The summed E-state index contributed by atoms with van der Waals surface area (Å²) in [4.78, 5) is 30.5. The average Bonchev–Trinajstić information content (AvgIpc) is 3.37. The molecule has 0 unspecified atom stereocenters. The van der Waals surface area contributed by atoms with Crippen molar-refractivity contribution in [2.75, 3.05) is 40.5 Å². The Balaban J connectivity index is 1.75. The molecular formula is C30H38BrN3O4. The quantitative estimate of drug-likeness (QED) is 0.218. The highest BCUT2D eigenvalue weighted by atomic mass is 79.9. The van der Waals surface area contributed by atoms with E-state index in [2.05, 4.69) is 45.6 Å². The first kappa shape index (κ1) is 29.5. The molecule has 0 saturated carbocycles. The van der Waals surface area contributed by atoms with Crippen molar-refractivity contribution in [1.29, 1.82) is 0 Å². The third-order valence-corrected chi connectivity index (χ3v) is 6.93. The number of unbranched alkanes of at least 4 members (excludes halogenated alkanes) is 1. The van der Waals surface area contributed by atoms with Crippen LogP contribution in [0.2, 0.25) is 0 Å². The number of nitrogens with zero attached hydrogens (tertiary/aromatic N) is 3. The van der Waals surface area contributed by atoms with E-state index in [-0.39, 0.29) is 18.4 Å². The number of amides is 2. The van der Waals surface area contributed by atoms with Crippen LogP contribution in [0.15, 0.2) is 71.3 Å². The van der Waals surface area contributed by atoms with E-state index in [0.717, 1.165) is 29.6 Å². The molecule has 1 aromatic heterocycles. The second-order valence-electron chi connectivity index (χ2n) is 9.22. The molecule has 3 aromatic rings. The van der Waals surface area contributed by atoms with Gasteiger partial charge in [0.1, 0.15) is 12.3 Å². The van der Waals surface area contributed by atoms with Crippen LogP contribution in [0.1, 0.15) is 47.8 Å². The van der Waals surface area contributed by atoms with Crippen molar-refractivity contribution in [3.8, 4) is 5.75 Å². The molecule has 0 spiro atoms. The molecule has 0 aliphatic heterocycles. The highest BCUT2D eigenvalue weighted by molar-refractivity contribution is 9.10. The minimum atomic E-state index is -0.175. The Kier molecular flexibility index (Phi) is 11.9. The molecule has 1 heterocycles. The maximum absolute atomic E-state index is 13.6. The van der Waals surface area contributed by atoms with Crippen molar-refractivity contribution in [2.24, 2.45) is 0 Å². The second-order valence-corrected chi connectivity index (χ2v) is 10.1. The van der Waals surface area contributed by atoms with Crippen molar-refractivity contribution < 1.29 is 19.1 Å². The van der Waals surface area contributed by atoms with Crippen LogP contribution in [0.4, 0.5) is 0 Å². The summed E-state index contributed by atoms with van der Waals surface area (Å²) in [7, 11) is 3.23. The minimum Gasteiger partial charge on any atom is -0.497 e. The van der Waals surface area contributed by atoms with Crippen molar-refractivity contribution in [3.05, 3.63) is 88.2 Å². The summed E-state index contributed by atoms with van der Waals surface area (Å²) in [6, 6.07) is 19.3. The van der Waals surface area contributed by atoms with Gasteiger partial charge >= 0.3 is 0 Å². The molecule has 0 fully saturated rings. The van der Waals surface area contributed by atoms with E-state index in [0.29, 0.717) is 44.0 Å². The van der Waals surface area contributed by atoms with Crippen molar-refractivity contribution >= 4 is 27.7 Å². The van der Waals surface area contributed by atoms with Gasteiger partial charge in [-0.1, -0.05) is 41.4 Å². The fraction of sp³-hybridized carbons (Fsp3) is 0.400. The lowest BCUT2D eigenvalue weighted by Crippen LogP contribution is -2.43. The van der Waals surface area contributed by atoms with Gasteiger partial charge in [-0.15, -0.1) is 0 Å². The summed E-state index contributed by atoms with van der Waals surface area (Å²) in [6.45, 7) is 4.95. The summed E-state index contributed by atoms with van der Waals surface area (Å²) in [5.74, 6) is 0.445. The molecule has 2 aromatic carbocycles. The Labute approximate surface area is 234 Å². The van der Waals surface area contributed by atoms with E-state index >= 15 is 0 Å². The monoisotopic (exact) mass is 583 g/mol. The summed E-state index contributed by atoms with van der Waals surface area (Å²) in [6.07, 6.45) is 4.57. The number of carbonyl (C=O) groups excluding carboxylic acids is 2. The van der Waals surface area contributed by atoms with E-state index in [9.17, 15) is 9.59 Å². The lowest BCUT2D eigenvalue weighted by molar-refractivity contribution is -0.132. The lowest BCUT2D eigenvalue weighted by Gasteiger charge is -2.28. The lowest BCUT2D eigenvalue weighted by atomic mass is 10.1. The molecule has 0 radical (unpaired) electrons. The standard InChI is InChI=1S/C30H38BrN3O4/c1-4-5-17-33(22-27-8-6-18-32(27)21-24-9-13-26(31)14-10-24)29(35)23-34(19-7-20-37-2)30(36)25-11-15-28(38-3)16-12-25/h6,8-16,18H,4-5,7,17,19-23H2,1-3H3. The number of hydrogen-bond donors (Lipinski definition) is 0. The first-order chi connectivity index (χ1) is 18.4. The maximum atomic E-state index is 13.6. The highest BCUT2D eigenvalue weighted by Crippen LogP contribution is 2.16. The molecule has 0 atom stereocenters. The number of ether oxygens (including phenoxy) is 2. The summed E-state index contributed by atoms with van der Waals surface area (Å²) >= 11 is 3.49. The number of rotatable bonds is 15. The topological polar surface area (TPSA) is 64.0 Å². The summed E-state index contributed by atoms with van der Waals surface area (Å²) < 4.78 is 13.6. The van der Waals surface area contributed by atoms with Crippen LogP contribution in [0.5, 0.6) is 5.75 Å². The zero-order valence-electron chi connectivity index (χ0n) is 22.6. The number of methoxy groups -OCH3 is 2. The van der Waals surface area contributed by atoms with Crippen molar-refractivity contribution in [2.45, 2.75) is 39.3 Å². The first-order valence-corrected chi connectivity index (χ1v) is 13.8. The van der Waals surface area contributed by atoms with E-state index < -0.39 is 0 Å². The van der Waals surface area contributed by atoms with Gasteiger partial charge in [0.2, 0.25) is 5.91 Å². The van der Waals surface area contributed by atoms with E-state index in [1.165, 1.54) is 5.56 Å². The fourth-order valence-electron chi connectivity index (χ4n) is 4.20. The number of carbonyl (C=O) groups is 2. The molecule has 0 saturated heterocycles. The SMILES string of the molecule is CCCCN(Cc1cccn1Cc1ccc(Br)cc1)C(=O)CN(CCCOC)C(=O)c1ccc(OC)cc1. The first-order valence-electron chi connectivity index (χ1n) is 13.0. The van der Waals surface area contributed by atoms with Gasteiger partial charge in [0.15, 0.2) is 0 Å². The molecule has 0 aliphatic rings. The van der Waals surface area contributed by atoms with Crippen molar-refractivity contribution in [3.63, 3.8) is 0 Å². The van der Waals surface area contributed by atoms with Gasteiger partial charge in [0.05, 0.1) is 13.7 Å². The third-order valence-electron chi connectivity index (χ3n) is 6.40. The Morgan fingerprint density at radius 1 is 0.921 bits per heavy atom. The minimum absolute atomic E-state index is 0.0196. The van der Waals surface area contributed by atoms with Crippen LogP contribution in [-0.4, -0.2) is 66.6 Å². The van der Waals surface area contributed by atoms with E-state index in [1.807, 2.05) is 29.3 Å². The molecular weight excluding hydrogens is 546 g/mol. The Bertz CT molecular complexity index is 1150. The molecule has 7 nitrogen and oxygen atoms in total. The van der Waals surface area contributed by atoms with Gasteiger partial charge in [0.25, 0.3) is 5.91 Å². The van der Waals surface area contributed by atoms with Crippen LogP contribution < -0.4 is 4.74 Å². The average molecular weight is 585 g/mol. The molecule has 0 N–H and O–H groups in total. The molecule has 0 bridgehead atoms. The Morgan fingerprint density at radius 3 is 2.29 bits per heavy atom. The van der Waals surface area contributed by atoms with Crippen LogP contribution in [0, 0.1) is 0 Å². The molecule has 204 valence electrons. The molecule has 3 rings (SSSR count). The van der Waals surface area contributed by atoms with Gasteiger partial charge in [-0.25, -0.2) is 0 Å². The Morgan fingerprint density at radius 2 is 1.63 bits per heavy atom. The summed E-state index contributed by atoms with van der Waals surface area (Å²) in [5, 5.41) is 0. The summed E-state index contributed by atoms with van der Waals surface area (Å²) in [5.41, 5.74) is 2.77. The van der Waals surface area contributed by atoms with Gasteiger partial charge in [-0.3, -0.25) is 9.59 Å². The Hall–Kier alpha value is -3.10. The van der Waals surface area contributed by atoms with Crippen LogP contribution in [0.3, 0.4) is 0 Å². The van der Waals surface area contributed by atoms with E-state index in [4.69, 9.17) is 9.47 Å². The number of benzene rings is 2. The second kappa shape index (κ2) is 15.3. The van der Waals surface area contributed by atoms with Crippen LogP contribution in [0.25, 0.3) is 0 Å². The van der Waals surface area contributed by atoms with Crippen molar-refractivity contribution in [1.82, 2.24) is 14.4 Å². The smallest absolute Gasteiger partial charge is 0.254 e. The molecule has 38 heavy (non-hydrogen) atoms. The molecule has 8 heteroatoms. The maximum Gasteiger partial charge on any atom is 0.254 e. The number of hydrogen-bond acceptors (Lipinski definition) is 4. The highest BCUT2D eigenvalue weighted by Gasteiger charge is 2.23. The van der Waals surface area contributed by atoms with Gasteiger partial charge in [-0.05, 0) is 66.9 Å². The molecule has 0 aliphatic carbocycles. The van der Waals surface area contributed by atoms with Crippen LogP contribution >= 0.6 is 15.9 Å². The number of halogens is 1. The largest absolute Gasteiger partial charge is 0.497 e. The fourth-order valence-corrected chi connectivity index (χ4v) is 4.47. The van der Waals surface area contributed by atoms with E-state index in [1.54, 1.807) is 43.4 Å². The predicted octanol–water partition coefficient (Wildman–Crippen LogP) is 5.62. The predicted molar refractivity (Wildman–Crippen MR) is 153 cm³/mol. The normalized spacial score (nSPS) is 10.8. The zero-order chi connectivity index (χ0) is 27.3. The van der Waals surface area contributed by atoms with Gasteiger partial charge < -0.3 is 23.8 Å². The third kappa shape index (κ3) is 8.74. The van der Waals surface area contributed by atoms with Crippen LogP contribution in [-0.2, 0) is 22.6 Å².